The molecular weight excluding hydrogens is 148 g/mol. The van der Waals surface area contributed by atoms with Crippen LogP contribution in [0.25, 0.3) is 0 Å². The topological polar surface area (TPSA) is 9.23 Å². The van der Waals surface area contributed by atoms with Gasteiger partial charge in [-0.1, -0.05) is 26.2 Å². The van der Waals surface area contributed by atoms with Crippen LogP contribution in [0.1, 0.15) is 53.4 Å². The van der Waals surface area contributed by atoms with E-state index in [4.69, 9.17) is 4.74 Å². The Kier molecular flexibility index (Phi) is 6.45. The van der Waals surface area contributed by atoms with Gasteiger partial charge in [0.25, 0.3) is 0 Å². The Morgan fingerprint density at radius 2 is 1.75 bits per heavy atom. The summed E-state index contributed by atoms with van der Waals surface area (Å²) in [6.07, 6.45) is 7.27. The Morgan fingerprint density at radius 3 is 2.25 bits per heavy atom. The van der Waals surface area contributed by atoms with E-state index in [1.807, 2.05) is 0 Å². The van der Waals surface area contributed by atoms with Crippen LogP contribution in [0.4, 0.5) is 0 Å². The highest BCUT2D eigenvalue weighted by Crippen LogP contribution is 2.09. The van der Waals surface area contributed by atoms with E-state index in [2.05, 4.69) is 34.1 Å². The van der Waals surface area contributed by atoms with Crippen LogP contribution in [0.5, 0.6) is 0 Å². The second-order valence-corrected chi connectivity index (χ2v) is 4.22. The Labute approximate surface area is 77.5 Å². The predicted octanol–water partition coefficient (Wildman–Crippen LogP) is 3.59. The molecule has 1 heteroatoms. The summed E-state index contributed by atoms with van der Waals surface area (Å²) >= 11 is 0. The number of unbranched alkanes of at least 4 members (excludes halogenated alkanes) is 4. The summed E-state index contributed by atoms with van der Waals surface area (Å²) in [6, 6.07) is 0. The molecule has 1 nitrogen and oxygen atoms in total. The van der Waals surface area contributed by atoms with Gasteiger partial charge in [0.1, 0.15) is 0 Å². The molecule has 0 aliphatic rings. The van der Waals surface area contributed by atoms with Gasteiger partial charge in [-0.3, -0.25) is 0 Å². The van der Waals surface area contributed by atoms with E-state index in [1.54, 1.807) is 0 Å². The minimum Gasteiger partial charge on any atom is -0.376 e. The largest absolute Gasteiger partial charge is 0.376 e. The van der Waals surface area contributed by atoms with E-state index >= 15 is 0 Å². The Morgan fingerprint density at radius 1 is 1.08 bits per heavy atom. The molecule has 0 aromatic carbocycles. The first kappa shape index (κ1) is 12.0. The van der Waals surface area contributed by atoms with Crippen molar-refractivity contribution in [3.05, 3.63) is 6.42 Å². The lowest BCUT2D eigenvalue weighted by atomic mass is 10.1. The molecule has 0 unspecified atom stereocenters. The van der Waals surface area contributed by atoms with Crippen LogP contribution >= 0.6 is 0 Å². The molecule has 0 saturated heterocycles. The number of ether oxygens (including phenoxy) is 1. The normalized spacial score (nSPS) is 12.0. The van der Waals surface area contributed by atoms with Gasteiger partial charge >= 0.3 is 0 Å². The minimum atomic E-state index is 0.0386. The van der Waals surface area contributed by atoms with Crippen molar-refractivity contribution in [2.24, 2.45) is 0 Å². The summed E-state index contributed by atoms with van der Waals surface area (Å²) in [5.74, 6) is 0. The molecule has 0 spiro atoms. The van der Waals surface area contributed by atoms with Crippen molar-refractivity contribution >= 4 is 0 Å². The van der Waals surface area contributed by atoms with Gasteiger partial charge < -0.3 is 4.74 Å². The van der Waals surface area contributed by atoms with Crippen molar-refractivity contribution in [1.82, 2.24) is 0 Å². The number of hydrogen-bond acceptors (Lipinski definition) is 1. The first-order valence-electron chi connectivity index (χ1n) is 4.98. The van der Waals surface area contributed by atoms with Crippen LogP contribution in [0.15, 0.2) is 0 Å². The summed E-state index contributed by atoms with van der Waals surface area (Å²) in [5.41, 5.74) is 0.0386. The van der Waals surface area contributed by atoms with Crippen LogP contribution in [0.3, 0.4) is 0 Å². The van der Waals surface area contributed by atoms with Crippen molar-refractivity contribution in [2.75, 3.05) is 6.61 Å². The molecule has 0 N–H and O–H groups in total. The van der Waals surface area contributed by atoms with Crippen molar-refractivity contribution in [1.29, 1.82) is 0 Å². The van der Waals surface area contributed by atoms with Gasteiger partial charge in [-0.2, -0.15) is 0 Å². The summed E-state index contributed by atoms with van der Waals surface area (Å²) < 4.78 is 5.60. The Balaban J connectivity index is 3.01. The van der Waals surface area contributed by atoms with E-state index in [0.717, 1.165) is 6.61 Å². The van der Waals surface area contributed by atoms with Crippen LogP contribution in [0, 0.1) is 6.42 Å². The average Bonchev–Trinajstić information content (AvgIpc) is 1.94. The number of rotatable bonds is 6. The van der Waals surface area contributed by atoms with Gasteiger partial charge in [0, 0.05) is 6.61 Å². The van der Waals surface area contributed by atoms with E-state index in [0.29, 0.717) is 0 Å². The molecule has 0 rings (SSSR count). The smallest absolute Gasteiger partial charge is 0.0598 e. The summed E-state index contributed by atoms with van der Waals surface area (Å²) in [5, 5.41) is 0. The van der Waals surface area contributed by atoms with Crippen LogP contribution in [-0.4, -0.2) is 12.2 Å². The van der Waals surface area contributed by atoms with Crippen LogP contribution in [0.2, 0.25) is 0 Å². The van der Waals surface area contributed by atoms with Crippen molar-refractivity contribution in [3.8, 4) is 0 Å². The third-order valence-electron chi connectivity index (χ3n) is 1.67. The van der Waals surface area contributed by atoms with E-state index in [9.17, 15) is 0 Å². The van der Waals surface area contributed by atoms with Crippen molar-refractivity contribution < 1.29 is 4.74 Å². The highest BCUT2D eigenvalue weighted by molar-refractivity contribution is 4.59. The molecule has 0 aromatic heterocycles. The Hall–Kier alpha value is -0.0400. The fraction of sp³-hybridized carbons (Fsp3) is 0.909. The molecule has 0 bridgehead atoms. The lowest BCUT2D eigenvalue weighted by molar-refractivity contribution is -0.00469. The first-order valence-corrected chi connectivity index (χ1v) is 4.98. The second kappa shape index (κ2) is 6.47. The molecule has 0 atom stereocenters. The molecule has 0 amide bonds. The molecule has 0 aliphatic carbocycles. The third kappa shape index (κ3) is 9.96. The monoisotopic (exact) mass is 171 g/mol. The van der Waals surface area contributed by atoms with Crippen LogP contribution < -0.4 is 0 Å². The molecule has 73 valence electrons. The average molecular weight is 171 g/mol. The predicted molar refractivity (Wildman–Crippen MR) is 54.1 cm³/mol. The lowest BCUT2D eigenvalue weighted by Crippen LogP contribution is -2.19. The minimum absolute atomic E-state index is 0.0386. The second-order valence-electron chi connectivity index (χ2n) is 4.22. The van der Waals surface area contributed by atoms with E-state index < -0.39 is 0 Å². The fourth-order valence-corrected chi connectivity index (χ4v) is 1.01. The molecule has 0 heterocycles. The maximum atomic E-state index is 5.60. The van der Waals surface area contributed by atoms with Gasteiger partial charge in [0.05, 0.1) is 5.60 Å². The Bertz CT molecular complexity index is 91.7. The standard InChI is InChI=1S/C11H23O/c1-5-6-7-8-9-10-12-11(2,3)4/h5H,6-10H2,1-4H3. The van der Waals surface area contributed by atoms with Gasteiger partial charge in [-0.05, 0) is 33.6 Å². The van der Waals surface area contributed by atoms with Gasteiger partial charge in [-0.15, -0.1) is 0 Å². The molecule has 0 aliphatic heterocycles. The lowest BCUT2D eigenvalue weighted by Gasteiger charge is -2.19. The molecular formula is C11H23O. The highest BCUT2D eigenvalue weighted by atomic mass is 16.5. The van der Waals surface area contributed by atoms with Gasteiger partial charge in [-0.25, -0.2) is 0 Å². The molecule has 0 saturated carbocycles. The van der Waals surface area contributed by atoms with Crippen LogP contribution in [-0.2, 0) is 4.74 Å². The van der Waals surface area contributed by atoms with E-state index in [-0.39, 0.29) is 5.60 Å². The molecule has 1 radical (unpaired) electrons. The fourth-order valence-electron chi connectivity index (χ4n) is 1.01. The zero-order valence-electron chi connectivity index (χ0n) is 9.02. The quantitative estimate of drug-likeness (QED) is 0.555. The first-order chi connectivity index (χ1) is 5.56. The zero-order valence-corrected chi connectivity index (χ0v) is 9.02. The maximum absolute atomic E-state index is 5.60. The zero-order chi connectivity index (χ0) is 9.45. The summed E-state index contributed by atoms with van der Waals surface area (Å²) in [6.45, 7) is 9.34. The number of hydrogen-bond donors (Lipinski definition) is 0. The van der Waals surface area contributed by atoms with Gasteiger partial charge in [0.15, 0.2) is 0 Å². The summed E-state index contributed by atoms with van der Waals surface area (Å²) in [7, 11) is 0. The highest BCUT2D eigenvalue weighted by Gasteiger charge is 2.08. The van der Waals surface area contributed by atoms with E-state index in [1.165, 1.54) is 25.7 Å². The maximum Gasteiger partial charge on any atom is 0.0598 e. The molecule has 0 fully saturated rings. The summed E-state index contributed by atoms with van der Waals surface area (Å²) in [4.78, 5) is 0. The van der Waals surface area contributed by atoms with Crippen molar-refractivity contribution in [2.45, 2.75) is 59.0 Å². The molecule has 12 heavy (non-hydrogen) atoms. The molecule has 0 aromatic rings. The van der Waals surface area contributed by atoms with Gasteiger partial charge in [0.2, 0.25) is 0 Å². The van der Waals surface area contributed by atoms with Crippen molar-refractivity contribution in [3.63, 3.8) is 0 Å². The SMILES string of the molecule is C[CH]CCCCCOC(C)(C)C. The third-order valence-corrected chi connectivity index (χ3v) is 1.67.